The molecule has 0 aliphatic heterocycles. The van der Waals surface area contributed by atoms with Crippen molar-refractivity contribution in [3.05, 3.63) is 77.5 Å². The molecule has 22 heavy (non-hydrogen) atoms. The third-order valence-corrected chi connectivity index (χ3v) is 7.93. The van der Waals surface area contributed by atoms with Gasteiger partial charge in [0.05, 0.1) is 0 Å². The van der Waals surface area contributed by atoms with Crippen molar-refractivity contribution in [1.29, 1.82) is 0 Å². The lowest BCUT2D eigenvalue weighted by Crippen LogP contribution is -2.39. The van der Waals surface area contributed by atoms with Crippen molar-refractivity contribution in [2.75, 3.05) is 0 Å². The normalized spacial score (nSPS) is 19.0. The van der Waals surface area contributed by atoms with Crippen LogP contribution in [0.1, 0.15) is 37.2 Å². The van der Waals surface area contributed by atoms with Crippen LogP contribution in [-0.2, 0) is 0 Å². The highest BCUT2D eigenvalue weighted by molar-refractivity contribution is 6.94. The van der Waals surface area contributed by atoms with Crippen LogP contribution in [0.2, 0.25) is 13.1 Å². The Morgan fingerprint density at radius 3 is 1.95 bits per heavy atom. The molecule has 1 fully saturated rings. The lowest BCUT2D eigenvalue weighted by molar-refractivity contribution is 0.517. The third kappa shape index (κ3) is 3.59. The Morgan fingerprint density at radius 1 is 0.818 bits per heavy atom. The van der Waals surface area contributed by atoms with Crippen LogP contribution in [0.3, 0.4) is 0 Å². The maximum absolute atomic E-state index is 2.66. The molecule has 0 aromatic heterocycles. The van der Waals surface area contributed by atoms with Gasteiger partial charge in [-0.25, -0.2) is 0 Å². The fourth-order valence-electron chi connectivity index (χ4n) is 3.65. The van der Waals surface area contributed by atoms with E-state index in [9.17, 15) is 0 Å². The molecule has 0 amide bonds. The van der Waals surface area contributed by atoms with E-state index in [2.05, 4.69) is 79.5 Å². The molecular weight excluding hydrogens is 280 g/mol. The summed E-state index contributed by atoms with van der Waals surface area (Å²) in [5.41, 5.74) is 5.89. The molecule has 1 heteroatoms. The second kappa shape index (κ2) is 6.66. The molecule has 0 bridgehead atoms. The average molecular weight is 307 g/mol. The van der Waals surface area contributed by atoms with Crippen LogP contribution >= 0.6 is 0 Å². The second-order valence-electron chi connectivity index (χ2n) is 7.08. The quantitative estimate of drug-likeness (QED) is 0.664. The van der Waals surface area contributed by atoms with Gasteiger partial charge in [0.2, 0.25) is 0 Å². The zero-order valence-corrected chi connectivity index (χ0v) is 14.8. The van der Waals surface area contributed by atoms with E-state index in [1.807, 2.05) is 0 Å². The summed E-state index contributed by atoms with van der Waals surface area (Å²) in [5.74, 6) is 0.764. The lowest BCUT2D eigenvalue weighted by atomic mass is 9.82. The first-order valence-electron chi connectivity index (χ1n) is 8.46. The number of rotatable bonds is 3. The van der Waals surface area contributed by atoms with Crippen LogP contribution in [0.15, 0.2) is 71.9 Å². The van der Waals surface area contributed by atoms with E-state index in [0.717, 1.165) is 5.92 Å². The molecule has 0 spiro atoms. The van der Waals surface area contributed by atoms with Crippen LogP contribution in [0, 0.1) is 0 Å². The summed E-state index contributed by atoms with van der Waals surface area (Å²) in [5, 5.41) is 1.55. The molecule has 0 unspecified atom stereocenters. The highest BCUT2D eigenvalue weighted by atomic mass is 28.3. The van der Waals surface area contributed by atoms with Gasteiger partial charge in [0.25, 0.3) is 0 Å². The molecule has 2 aromatic rings. The molecule has 1 aliphatic carbocycles. The fourth-order valence-corrected chi connectivity index (χ4v) is 6.18. The van der Waals surface area contributed by atoms with Crippen LogP contribution < -0.4 is 5.19 Å². The Balaban J connectivity index is 1.68. The van der Waals surface area contributed by atoms with E-state index in [1.165, 1.54) is 31.2 Å². The first kappa shape index (κ1) is 15.3. The summed E-state index contributed by atoms with van der Waals surface area (Å²) >= 11 is 0. The van der Waals surface area contributed by atoms with Gasteiger partial charge in [-0.1, -0.05) is 90.2 Å². The number of hydrogen-bond donors (Lipinski definition) is 0. The molecule has 1 aliphatic rings. The molecule has 2 aromatic carbocycles. The molecular formula is C21H26Si. The SMILES string of the molecule is C[Si](C)(C=C1CCC(c2ccccc2)CC1)c1ccccc1. The maximum atomic E-state index is 2.66. The van der Waals surface area contributed by atoms with Crippen molar-refractivity contribution in [3.63, 3.8) is 0 Å². The van der Waals surface area contributed by atoms with Crippen molar-refractivity contribution in [2.45, 2.75) is 44.7 Å². The summed E-state index contributed by atoms with van der Waals surface area (Å²) < 4.78 is 0. The van der Waals surface area contributed by atoms with E-state index in [-0.39, 0.29) is 0 Å². The monoisotopic (exact) mass is 306 g/mol. The van der Waals surface area contributed by atoms with Crippen LogP contribution in [0.5, 0.6) is 0 Å². The van der Waals surface area contributed by atoms with Gasteiger partial charge in [-0.15, -0.1) is 0 Å². The van der Waals surface area contributed by atoms with E-state index >= 15 is 0 Å². The molecule has 0 nitrogen and oxygen atoms in total. The van der Waals surface area contributed by atoms with Crippen LogP contribution in [0.25, 0.3) is 0 Å². The zero-order valence-electron chi connectivity index (χ0n) is 13.8. The summed E-state index contributed by atoms with van der Waals surface area (Å²) in [6.07, 6.45) is 5.19. The molecule has 0 atom stereocenters. The zero-order chi connectivity index (χ0) is 15.4. The van der Waals surface area contributed by atoms with Gasteiger partial charge in [0, 0.05) is 0 Å². The summed E-state index contributed by atoms with van der Waals surface area (Å²) in [6, 6.07) is 22.1. The van der Waals surface area contributed by atoms with Gasteiger partial charge in [-0.05, 0) is 37.2 Å². The topological polar surface area (TPSA) is 0 Å². The summed E-state index contributed by atoms with van der Waals surface area (Å²) in [7, 11) is -1.43. The van der Waals surface area contributed by atoms with Gasteiger partial charge >= 0.3 is 0 Å². The minimum absolute atomic E-state index is 0.764. The van der Waals surface area contributed by atoms with Gasteiger partial charge in [0.1, 0.15) is 8.07 Å². The van der Waals surface area contributed by atoms with Gasteiger partial charge in [-0.3, -0.25) is 0 Å². The predicted octanol–water partition coefficient (Wildman–Crippen LogP) is 5.43. The van der Waals surface area contributed by atoms with Crippen LogP contribution in [0.4, 0.5) is 0 Å². The van der Waals surface area contributed by atoms with E-state index in [1.54, 1.807) is 10.8 Å². The molecule has 0 saturated heterocycles. The average Bonchev–Trinajstić information content (AvgIpc) is 2.57. The Labute approximate surface area is 135 Å². The Morgan fingerprint density at radius 2 is 1.36 bits per heavy atom. The molecule has 0 heterocycles. The van der Waals surface area contributed by atoms with Gasteiger partial charge in [-0.2, -0.15) is 0 Å². The minimum atomic E-state index is -1.43. The predicted molar refractivity (Wildman–Crippen MR) is 99.3 cm³/mol. The Bertz CT molecular complexity index is 615. The lowest BCUT2D eigenvalue weighted by Gasteiger charge is -2.27. The molecule has 3 rings (SSSR count). The van der Waals surface area contributed by atoms with E-state index in [4.69, 9.17) is 0 Å². The summed E-state index contributed by atoms with van der Waals surface area (Å²) in [4.78, 5) is 0. The minimum Gasteiger partial charge on any atom is -0.0911 e. The third-order valence-electron chi connectivity index (χ3n) is 4.98. The highest BCUT2D eigenvalue weighted by Gasteiger charge is 2.24. The molecule has 0 N–H and O–H groups in total. The second-order valence-corrected chi connectivity index (χ2v) is 11.4. The molecule has 1 saturated carbocycles. The van der Waals surface area contributed by atoms with Crippen molar-refractivity contribution in [2.24, 2.45) is 0 Å². The number of benzene rings is 2. The van der Waals surface area contributed by atoms with E-state index in [0.29, 0.717) is 0 Å². The largest absolute Gasteiger partial charge is 0.104 e. The number of allylic oxidation sites excluding steroid dienone is 1. The van der Waals surface area contributed by atoms with Gasteiger partial charge < -0.3 is 0 Å². The van der Waals surface area contributed by atoms with Crippen molar-refractivity contribution in [1.82, 2.24) is 0 Å². The summed E-state index contributed by atoms with van der Waals surface area (Å²) in [6.45, 7) is 4.94. The molecule has 0 radical (unpaired) electrons. The van der Waals surface area contributed by atoms with Gasteiger partial charge in [0.15, 0.2) is 0 Å². The van der Waals surface area contributed by atoms with Crippen molar-refractivity contribution in [3.8, 4) is 0 Å². The van der Waals surface area contributed by atoms with Crippen molar-refractivity contribution < 1.29 is 0 Å². The highest BCUT2D eigenvalue weighted by Crippen LogP contribution is 2.35. The van der Waals surface area contributed by atoms with Crippen LogP contribution in [-0.4, -0.2) is 8.07 Å². The molecule has 114 valence electrons. The first-order chi connectivity index (χ1) is 10.6. The fraction of sp³-hybridized carbons (Fsp3) is 0.333. The maximum Gasteiger partial charge on any atom is 0.104 e. The van der Waals surface area contributed by atoms with E-state index < -0.39 is 8.07 Å². The number of hydrogen-bond acceptors (Lipinski definition) is 0. The van der Waals surface area contributed by atoms with Crippen molar-refractivity contribution >= 4 is 13.3 Å². The first-order valence-corrected chi connectivity index (χ1v) is 11.5. The Hall–Kier alpha value is -1.60. The smallest absolute Gasteiger partial charge is 0.0911 e. The Kier molecular flexibility index (Phi) is 4.63. The standard InChI is InChI=1S/C21H26Si/c1-22(2,21-11-7-4-8-12-21)17-18-13-15-20(16-14-18)19-9-5-3-6-10-19/h3-12,17,20H,13-16H2,1-2H3.